The summed E-state index contributed by atoms with van der Waals surface area (Å²) < 4.78 is 22.2. The molecule has 0 radical (unpaired) electrons. The highest BCUT2D eigenvalue weighted by Crippen LogP contribution is 2.61. The van der Waals surface area contributed by atoms with E-state index in [2.05, 4.69) is 0 Å². The van der Waals surface area contributed by atoms with Crippen LogP contribution in [0.4, 0.5) is 0 Å². The van der Waals surface area contributed by atoms with E-state index in [9.17, 15) is 9.13 Å². The lowest BCUT2D eigenvalue weighted by atomic mass is 10.4. The molecule has 0 rings (SSSR count). The Balaban J connectivity index is 4.72. The SMILES string of the molecule is C[N+](C)(C)CCC(P(=O)(O)O)P(=O)(O)O. The summed E-state index contributed by atoms with van der Waals surface area (Å²) in [5.74, 6) is 0. The van der Waals surface area contributed by atoms with Crippen LogP contribution in [0.15, 0.2) is 0 Å². The molecule has 0 aromatic heterocycles. The molecule has 0 aromatic rings. The third kappa shape index (κ3) is 6.43. The van der Waals surface area contributed by atoms with E-state index < -0.39 is 20.6 Å². The lowest BCUT2D eigenvalue weighted by molar-refractivity contribution is -0.870. The normalized spacial score (nSPS) is 14.7. The van der Waals surface area contributed by atoms with Crippen LogP contribution in [0, 0.1) is 0 Å². The number of quaternary nitrogens is 1. The van der Waals surface area contributed by atoms with Crippen LogP contribution in [0.2, 0.25) is 0 Å². The van der Waals surface area contributed by atoms with E-state index >= 15 is 0 Å². The highest BCUT2D eigenvalue weighted by molar-refractivity contribution is 7.70. The van der Waals surface area contributed by atoms with Gasteiger partial charge >= 0.3 is 15.2 Å². The minimum absolute atomic E-state index is 0.210. The summed E-state index contributed by atoms with van der Waals surface area (Å²) in [5, 5.41) is -1.89. The van der Waals surface area contributed by atoms with Crippen molar-refractivity contribution in [1.82, 2.24) is 0 Å². The fourth-order valence-electron chi connectivity index (χ4n) is 1.04. The summed E-state index contributed by atoms with van der Waals surface area (Å²) in [4.78, 5) is 35.3. The maximum absolute atomic E-state index is 10.9. The van der Waals surface area contributed by atoms with E-state index in [1.165, 1.54) is 0 Å². The van der Waals surface area contributed by atoms with Crippen molar-refractivity contribution in [1.29, 1.82) is 0 Å². The van der Waals surface area contributed by atoms with Gasteiger partial charge in [0.1, 0.15) is 0 Å². The molecule has 0 aliphatic heterocycles. The fraction of sp³-hybridized carbons (Fsp3) is 1.00. The second-order valence-electron chi connectivity index (χ2n) is 4.46. The molecule has 0 saturated heterocycles. The largest absolute Gasteiger partial charge is 0.340 e. The van der Waals surface area contributed by atoms with Gasteiger partial charge in [-0.05, 0) is 0 Å². The van der Waals surface area contributed by atoms with E-state index in [0.717, 1.165) is 0 Å². The Bertz CT molecular complexity index is 277. The van der Waals surface area contributed by atoms with E-state index in [4.69, 9.17) is 19.6 Å². The third-order valence-electron chi connectivity index (χ3n) is 1.83. The van der Waals surface area contributed by atoms with Gasteiger partial charge in [-0.2, -0.15) is 0 Å². The van der Waals surface area contributed by atoms with Gasteiger partial charge in [-0.15, -0.1) is 0 Å². The lowest BCUT2D eigenvalue weighted by Crippen LogP contribution is -2.36. The monoisotopic (exact) mass is 262 g/mol. The first-order valence-corrected chi connectivity index (χ1v) is 7.61. The number of rotatable bonds is 5. The number of hydrogen-bond donors (Lipinski definition) is 4. The van der Waals surface area contributed by atoms with Crippen molar-refractivity contribution < 1.29 is 33.2 Å². The Labute approximate surface area is 88.6 Å². The molecule has 4 N–H and O–H groups in total. The van der Waals surface area contributed by atoms with Gasteiger partial charge in [-0.25, -0.2) is 0 Å². The van der Waals surface area contributed by atoms with Gasteiger partial charge in [-0.1, -0.05) is 0 Å². The van der Waals surface area contributed by atoms with E-state index in [1.54, 1.807) is 21.1 Å². The molecule has 0 unspecified atom stereocenters. The summed E-state index contributed by atoms with van der Waals surface area (Å²) in [6, 6.07) is 0. The van der Waals surface area contributed by atoms with Gasteiger partial charge in [0.05, 0.1) is 27.7 Å². The highest BCUT2D eigenvalue weighted by atomic mass is 31.2. The van der Waals surface area contributed by atoms with Crippen LogP contribution in [0.3, 0.4) is 0 Å². The van der Waals surface area contributed by atoms with Gasteiger partial charge in [0, 0.05) is 6.42 Å². The zero-order valence-electron chi connectivity index (χ0n) is 8.94. The predicted octanol–water partition coefficient (Wildman–Crippen LogP) is -0.236. The summed E-state index contributed by atoms with van der Waals surface area (Å²) in [6.45, 7) is 0.279. The Kier molecular flexibility index (Phi) is 4.71. The molecule has 0 aliphatic carbocycles. The minimum Gasteiger partial charge on any atom is -0.331 e. The molecule has 7 nitrogen and oxygen atoms in total. The first kappa shape index (κ1) is 15.3. The number of hydrogen-bond acceptors (Lipinski definition) is 2. The second-order valence-corrected chi connectivity index (χ2v) is 8.47. The standard InChI is InChI=1S/C6H17NO6P2/c1-7(2,3)5-4-6(14(8,9)10)15(11,12)13/h6H,4-5H2,1-3H3,(H3-,8,9,10,11,12,13)/p+1. The Morgan fingerprint density at radius 3 is 1.53 bits per heavy atom. The molecule has 92 valence electrons. The molecule has 0 saturated carbocycles. The smallest absolute Gasteiger partial charge is 0.331 e. The highest BCUT2D eigenvalue weighted by Gasteiger charge is 2.43. The van der Waals surface area contributed by atoms with Crippen LogP contribution < -0.4 is 0 Å². The van der Waals surface area contributed by atoms with Gasteiger partial charge in [-0.3, -0.25) is 9.13 Å². The van der Waals surface area contributed by atoms with Crippen LogP contribution in [-0.2, 0) is 9.13 Å². The average Bonchev–Trinajstić information content (AvgIpc) is 1.75. The zero-order chi connectivity index (χ0) is 12.5. The molecule has 0 heterocycles. The van der Waals surface area contributed by atoms with Crippen molar-refractivity contribution >= 4 is 15.2 Å². The molecule has 9 heteroatoms. The van der Waals surface area contributed by atoms with E-state index in [1.807, 2.05) is 0 Å². The minimum atomic E-state index is -4.76. The average molecular weight is 262 g/mol. The third-order valence-corrected chi connectivity index (χ3v) is 5.71. The van der Waals surface area contributed by atoms with Crippen LogP contribution in [0.5, 0.6) is 0 Å². The molecular formula is C6H18NO6P2+. The number of nitrogens with zero attached hydrogens (tertiary/aromatic N) is 1. The molecule has 0 atom stereocenters. The lowest BCUT2D eigenvalue weighted by Gasteiger charge is -2.27. The molecule has 0 bridgehead atoms. The zero-order valence-corrected chi connectivity index (χ0v) is 10.7. The van der Waals surface area contributed by atoms with Crippen molar-refractivity contribution in [3.8, 4) is 0 Å². The molecular weight excluding hydrogens is 244 g/mol. The predicted molar refractivity (Wildman–Crippen MR) is 55.4 cm³/mol. The quantitative estimate of drug-likeness (QED) is 0.401. The second kappa shape index (κ2) is 4.63. The molecule has 0 aliphatic rings. The molecule has 0 fully saturated rings. The first-order valence-electron chi connectivity index (χ1n) is 4.25. The van der Waals surface area contributed by atoms with Crippen molar-refractivity contribution in [2.75, 3.05) is 27.7 Å². The van der Waals surface area contributed by atoms with Crippen molar-refractivity contribution in [3.05, 3.63) is 0 Å². The van der Waals surface area contributed by atoms with Gasteiger partial charge < -0.3 is 24.1 Å². The summed E-state index contributed by atoms with van der Waals surface area (Å²) in [7, 11) is -4.19. The molecule has 15 heavy (non-hydrogen) atoms. The Hall–Kier alpha value is 0.260. The molecule has 0 amide bonds. The van der Waals surface area contributed by atoms with Gasteiger partial charge in [0.25, 0.3) is 0 Å². The van der Waals surface area contributed by atoms with Crippen molar-refractivity contribution in [2.45, 2.75) is 11.8 Å². The molecule has 0 aromatic carbocycles. The van der Waals surface area contributed by atoms with Gasteiger partial charge in [0.15, 0.2) is 5.40 Å². The van der Waals surface area contributed by atoms with Crippen LogP contribution in [0.25, 0.3) is 0 Å². The van der Waals surface area contributed by atoms with Crippen molar-refractivity contribution in [2.24, 2.45) is 0 Å². The van der Waals surface area contributed by atoms with Crippen LogP contribution in [-0.4, -0.2) is 57.1 Å². The van der Waals surface area contributed by atoms with Crippen molar-refractivity contribution in [3.63, 3.8) is 0 Å². The Morgan fingerprint density at radius 2 is 1.33 bits per heavy atom. The van der Waals surface area contributed by atoms with Crippen LogP contribution in [0.1, 0.15) is 6.42 Å². The maximum Gasteiger partial charge on any atom is 0.340 e. The first-order chi connectivity index (χ1) is 6.34. The van der Waals surface area contributed by atoms with E-state index in [0.29, 0.717) is 4.48 Å². The van der Waals surface area contributed by atoms with Crippen LogP contribution >= 0.6 is 15.2 Å². The van der Waals surface area contributed by atoms with E-state index in [-0.39, 0.29) is 13.0 Å². The Morgan fingerprint density at radius 1 is 1.00 bits per heavy atom. The summed E-state index contributed by atoms with van der Waals surface area (Å²) in [6.07, 6.45) is -0.210. The summed E-state index contributed by atoms with van der Waals surface area (Å²) in [5.41, 5.74) is 0. The summed E-state index contributed by atoms with van der Waals surface area (Å²) >= 11 is 0. The maximum atomic E-state index is 10.9. The molecule has 0 spiro atoms. The van der Waals surface area contributed by atoms with Gasteiger partial charge in [0.2, 0.25) is 0 Å². The fourth-order valence-corrected chi connectivity index (χ4v) is 3.51. The topological polar surface area (TPSA) is 115 Å².